The lowest BCUT2D eigenvalue weighted by Crippen LogP contribution is -2.02. The van der Waals surface area contributed by atoms with E-state index in [1.54, 1.807) is 39.7 Å². The third-order valence-corrected chi connectivity index (χ3v) is 4.21. The van der Waals surface area contributed by atoms with E-state index in [1.165, 1.54) is 0 Å². The maximum Gasteiger partial charge on any atom is 0.222 e. The van der Waals surface area contributed by atoms with E-state index >= 15 is 0 Å². The van der Waals surface area contributed by atoms with E-state index in [0.717, 1.165) is 16.5 Å². The van der Waals surface area contributed by atoms with Crippen molar-refractivity contribution in [3.8, 4) is 17.2 Å². The van der Waals surface area contributed by atoms with Gasteiger partial charge in [-0.1, -0.05) is 6.07 Å². The Labute approximate surface area is 156 Å². The summed E-state index contributed by atoms with van der Waals surface area (Å²) in [6.45, 7) is 1.94. The predicted molar refractivity (Wildman–Crippen MR) is 106 cm³/mol. The molecular formula is C19H21N5O3. The number of nitrogen functional groups attached to an aromatic ring is 2. The zero-order chi connectivity index (χ0) is 19.6. The molecule has 0 radical (unpaired) electrons. The number of hydrogen-bond acceptors (Lipinski definition) is 8. The highest BCUT2D eigenvalue weighted by Crippen LogP contribution is 2.40. The van der Waals surface area contributed by atoms with Gasteiger partial charge >= 0.3 is 0 Å². The van der Waals surface area contributed by atoms with Gasteiger partial charge < -0.3 is 25.7 Å². The summed E-state index contributed by atoms with van der Waals surface area (Å²) in [6.07, 6.45) is 1.74. The molecule has 4 N–H and O–H groups in total. The fourth-order valence-electron chi connectivity index (χ4n) is 2.88. The van der Waals surface area contributed by atoms with Crippen LogP contribution < -0.4 is 25.7 Å². The molecule has 3 rings (SSSR count). The van der Waals surface area contributed by atoms with Gasteiger partial charge in [0.2, 0.25) is 11.7 Å². The Kier molecular flexibility index (Phi) is 4.98. The Bertz CT molecular complexity index is 1010. The summed E-state index contributed by atoms with van der Waals surface area (Å²) < 4.78 is 16.0. The van der Waals surface area contributed by atoms with Crippen molar-refractivity contribution in [2.24, 2.45) is 4.99 Å². The summed E-state index contributed by atoms with van der Waals surface area (Å²) >= 11 is 0. The quantitative estimate of drug-likeness (QED) is 0.666. The molecule has 0 aliphatic carbocycles. The minimum Gasteiger partial charge on any atom is -0.493 e. The Hall–Kier alpha value is -3.55. The summed E-state index contributed by atoms with van der Waals surface area (Å²) in [7, 11) is 4.68. The monoisotopic (exact) mass is 367 g/mol. The highest BCUT2D eigenvalue weighted by atomic mass is 16.5. The van der Waals surface area contributed by atoms with Crippen molar-refractivity contribution in [1.82, 2.24) is 9.97 Å². The normalized spacial score (nSPS) is 11.1. The average Bonchev–Trinajstić information content (AvgIpc) is 2.65. The molecule has 0 aliphatic rings. The molecule has 0 saturated heterocycles. The second kappa shape index (κ2) is 7.36. The molecule has 1 aromatic heterocycles. The smallest absolute Gasteiger partial charge is 0.222 e. The first-order valence-corrected chi connectivity index (χ1v) is 8.14. The molecule has 0 unspecified atom stereocenters. The van der Waals surface area contributed by atoms with Crippen LogP contribution in [-0.4, -0.2) is 37.5 Å². The Balaban J connectivity index is 2.05. The number of fused-ring (bicyclic) bond motifs is 1. The van der Waals surface area contributed by atoms with Gasteiger partial charge in [0.15, 0.2) is 11.5 Å². The number of methoxy groups -OCH3 is 3. The van der Waals surface area contributed by atoms with Crippen molar-refractivity contribution in [2.45, 2.75) is 6.92 Å². The summed E-state index contributed by atoms with van der Waals surface area (Å²) in [4.78, 5) is 12.8. The molecule has 8 nitrogen and oxygen atoms in total. The first-order valence-electron chi connectivity index (χ1n) is 8.14. The molecule has 0 atom stereocenters. The van der Waals surface area contributed by atoms with Crippen LogP contribution in [0.3, 0.4) is 0 Å². The Morgan fingerprint density at radius 1 is 0.963 bits per heavy atom. The third kappa shape index (κ3) is 3.41. The molecule has 3 aromatic rings. The third-order valence-electron chi connectivity index (χ3n) is 4.21. The van der Waals surface area contributed by atoms with E-state index in [9.17, 15) is 0 Å². The van der Waals surface area contributed by atoms with Gasteiger partial charge in [0.1, 0.15) is 5.82 Å². The van der Waals surface area contributed by atoms with Crippen molar-refractivity contribution in [2.75, 3.05) is 32.8 Å². The number of aryl methyl sites for hydroxylation is 1. The molecule has 0 bridgehead atoms. The highest BCUT2D eigenvalue weighted by molar-refractivity contribution is 5.98. The number of hydrogen-bond donors (Lipinski definition) is 2. The number of benzene rings is 2. The Morgan fingerprint density at radius 3 is 2.22 bits per heavy atom. The topological polar surface area (TPSA) is 118 Å². The molecule has 2 aromatic carbocycles. The van der Waals surface area contributed by atoms with Crippen LogP contribution in [0.15, 0.2) is 29.3 Å². The zero-order valence-electron chi connectivity index (χ0n) is 15.6. The molecule has 0 fully saturated rings. The molecule has 8 heteroatoms. The number of aromatic nitrogens is 2. The minimum atomic E-state index is 0.151. The molecule has 0 saturated carbocycles. The van der Waals surface area contributed by atoms with Gasteiger partial charge in [0.05, 0.1) is 32.5 Å². The summed E-state index contributed by atoms with van der Waals surface area (Å²) in [6, 6.07) is 7.29. The lowest BCUT2D eigenvalue weighted by atomic mass is 10.0. The van der Waals surface area contributed by atoms with Crippen molar-refractivity contribution in [3.63, 3.8) is 0 Å². The standard InChI is InChI=1S/C19H21N5O3/c1-10-11(5-6-13-16(10)18(20)24-19(21)23-13)9-22-12-7-14(25-2)17(27-4)15(8-12)26-3/h5-9H,1-4H3,(H4,20,21,23,24)/b22-9+. The fraction of sp³-hybridized carbons (Fsp3) is 0.211. The van der Waals surface area contributed by atoms with Crippen molar-refractivity contribution in [3.05, 3.63) is 35.4 Å². The first kappa shape index (κ1) is 18.2. The van der Waals surface area contributed by atoms with Crippen LogP contribution in [0, 0.1) is 6.92 Å². The van der Waals surface area contributed by atoms with Crippen LogP contribution in [0.25, 0.3) is 10.9 Å². The molecule has 27 heavy (non-hydrogen) atoms. The number of ether oxygens (including phenoxy) is 3. The second-order valence-corrected chi connectivity index (χ2v) is 5.78. The fourth-order valence-corrected chi connectivity index (χ4v) is 2.88. The van der Waals surface area contributed by atoms with Gasteiger partial charge in [-0.2, -0.15) is 4.98 Å². The summed E-state index contributed by atoms with van der Waals surface area (Å²) in [5, 5.41) is 0.762. The van der Waals surface area contributed by atoms with Gasteiger partial charge in [-0.15, -0.1) is 0 Å². The molecule has 0 aliphatic heterocycles. The van der Waals surface area contributed by atoms with E-state index in [-0.39, 0.29) is 5.95 Å². The van der Waals surface area contributed by atoms with Gasteiger partial charge in [-0.05, 0) is 24.1 Å². The predicted octanol–water partition coefficient (Wildman–Crippen LogP) is 2.88. The van der Waals surface area contributed by atoms with Crippen LogP contribution in [0.5, 0.6) is 17.2 Å². The highest BCUT2D eigenvalue weighted by Gasteiger charge is 2.13. The molecule has 140 valence electrons. The summed E-state index contributed by atoms with van der Waals surface area (Å²) in [5.74, 6) is 2.08. The molecular weight excluding hydrogens is 346 g/mol. The van der Waals surface area contributed by atoms with Crippen LogP contribution in [-0.2, 0) is 0 Å². The number of aliphatic imine (C=N–C) groups is 1. The molecule has 0 amide bonds. The van der Waals surface area contributed by atoms with E-state index in [2.05, 4.69) is 15.0 Å². The van der Waals surface area contributed by atoms with Gasteiger partial charge in [-0.3, -0.25) is 4.99 Å². The Morgan fingerprint density at radius 2 is 1.63 bits per heavy atom. The number of anilines is 2. The minimum absolute atomic E-state index is 0.151. The van der Waals surface area contributed by atoms with Crippen LogP contribution >= 0.6 is 0 Å². The van der Waals surface area contributed by atoms with Crippen molar-refractivity contribution < 1.29 is 14.2 Å². The maximum absolute atomic E-state index is 6.02. The van der Waals surface area contributed by atoms with Crippen LogP contribution in [0.2, 0.25) is 0 Å². The maximum atomic E-state index is 6.02. The number of nitrogens with two attached hydrogens (primary N) is 2. The van der Waals surface area contributed by atoms with E-state index in [1.807, 2.05) is 19.1 Å². The van der Waals surface area contributed by atoms with Crippen LogP contribution in [0.1, 0.15) is 11.1 Å². The van der Waals surface area contributed by atoms with Crippen molar-refractivity contribution in [1.29, 1.82) is 0 Å². The van der Waals surface area contributed by atoms with Gasteiger partial charge in [-0.25, -0.2) is 4.98 Å². The van der Waals surface area contributed by atoms with E-state index in [0.29, 0.717) is 34.3 Å². The van der Waals surface area contributed by atoms with Crippen molar-refractivity contribution >= 4 is 34.6 Å². The van der Waals surface area contributed by atoms with Crippen LogP contribution in [0.4, 0.5) is 17.5 Å². The van der Waals surface area contributed by atoms with E-state index < -0.39 is 0 Å². The van der Waals surface area contributed by atoms with Gasteiger partial charge in [0, 0.05) is 23.7 Å². The van der Waals surface area contributed by atoms with E-state index in [4.69, 9.17) is 25.7 Å². The average molecular weight is 367 g/mol. The summed E-state index contributed by atoms with van der Waals surface area (Å²) in [5.41, 5.74) is 14.8. The number of nitrogens with zero attached hydrogens (tertiary/aromatic N) is 3. The SMILES string of the molecule is COc1cc(/N=C/c2ccc3nc(N)nc(N)c3c2C)cc(OC)c1OC. The van der Waals surface area contributed by atoms with Gasteiger partial charge in [0.25, 0.3) is 0 Å². The molecule has 1 heterocycles. The lowest BCUT2D eigenvalue weighted by Gasteiger charge is -2.12. The largest absolute Gasteiger partial charge is 0.493 e. The zero-order valence-corrected chi connectivity index (χ0v) is 15.6. The first-order chi connectivity index (χ1) is 13.0. The number of rotatable bonds is 5. The molecule has 0 spiro atoms. The second-order valence-electron chi connectivity index (χ2n) is 5.78. The lowest BCUT2D eigenvalue weighted by molar-refractivity contribution is 0.324.